The van der Waals surface area contributed by atoms with E-state index in [-0.39, 0.29) is 24.6 Å². The molecular weight excluding hydrogens is 326 g/mol. The van der Waals surface area contributed by atoms with E-state index < -0.39 is 23.9 Å². The van der Waals surface area contributed by atoms with Crippen molar-refractivity contribution in [2.75, 3.05) is 13.1 Å². The highest BCUT2D eigenvalue weighted by atomic mass is 19.3. The van der Waals surface area contributed by atoms with E-state index in [0.717, 1.165) is 10.5 Å². The number of nitrogens with zero attached hydrogens (tertiary/aromatic N) is 2. The first-order valence-electron chi connectivity index (χ1n) is 8.24. The van der Waals surface area contributed by atoms with E-state index in [4.69, 9.17) is 0 Å². The van der Waals surface area contributed by atoms with E-state index in [1.54, 1.807) is 19.2 Å². The van der Waals surface area contributed by atoms with Gasteiger partial charge in [-0.3, -0.25) is 9.59 Å². The fourth-order valence-corrected chi connectivity index (χ4v) is 3.17. The highest BCUT2D eigenvalue weighted by Gasteiger charge is 2.41. The first-order valence-corrected chi connectivity index (χ1v) is 8.24. The number of aryl methyl sites for hydroxylation is 1. The maximum absolute atomic E-state index is 13.4. The summed E-state index contributed by atoms with van der Waals surface area (Å²) in [4.78, 5) is 26.6. The van der Waals surface area contributed by atoms with Gasteiger partial charge < -0.3 is 9.47 Å². The van der Waals surface area contributed by atoms with Crippen LogP contribution in [0.4, 0.5) is 8.78 Å². The largest absolute Gasteiger partial charge is 0.332 e. The SMILES string of the molecule is Cc1ccn(C(C)c2ccccc2)c(=O)c1C(=O)N1CCC(F)(F)C1. The number of aromatic nitrogens is 1. The molecule has 1 fully saturated rings. The molecule has 1 aliphatic rings. The first kappa shape index (κ1) is 17.3. The summed E-state index contributed by atoms with van der Waals surface area (Å²) in [6.45, 7) is 2.85. The van der Waals surface area contributed by atoms with E-state index in [1.165, 1.54) is 4.57 Å². The highest BCUT2D eigenvalue weighted by molar-refractivity contribution is 5.95. The molecule has 1 atom stereocenters. The Morgan fingerprint density at radius 2 is 1.88 bits per heavy atom. The molecule has 6 heteroatoms. The Kier molecular flexibility index (Phi) is 4.45. The molecule has 0 saturated carbocycles. The molecule has 0 radical (unpaired) electrons. The molecule has 2 aromatic rings. The summed E-state index contributed by atoms with van der Waals surface area (Å²) in [5.74, 6) is -3.50. The second-order valence-corrected chi connectivity index (χ2v) is 6.51. The van der Waals surface area contributed by atoms with Gasteiger partial charge >= 0.3 is 0 Å². The lowest BCUT2D eigenvalue weighted by atomic mass is 10.1. The van der Waals surface area contributed by atoms with Crippen LogP contribution in [-0.4, -0.2) is 34.4 Å². The number of pyridine rings is 1. The van der Waals surface area contributed by atoms with Gasteiger partial charge in [-0.1, -0.05) is 30.3 Å². The second-order valence-electron chi connectivity index (χ2n) is 6.51. The smallest absolute Gasteiger partial charge is 0.267 e. The molecule has 1 aromatic carbocycles. The molecule has 0 spiro atoms. The second kappa shape index (κ2) is 6.43. The molecule has 2 heterocycles. The standard InChI is InChI=1S/C19H20F2N2O2/c1-13-8-10-23(14(2)15-6-4-3-5-7-15)18(25)16(13)17(24)22-11-9-19(20,21)12-22/h3-8,10,14H,9,11-12H2,1-2H3. The van der Waals surface area contributed by atoms with Crippen LogP contribution in [0.25, 0.3) is 0 Å². The van der Waals surface area contributed by atoms with Crippen molar-refractivity contribution in [2.24, 2.45) is 0 Å². The number of rotatable bonds is 3. The molecule has 132 valence electrons. The molecule has 3 rings (SSSR count). The van der Waals surface area contributed by atoms with Gasteiger partial charge in [-0.25, -0.2) is 8.78 Å². The van der Waals surface area contributed by atoms with Gasteiger partial charge in [-0.2, -0.15) is 0 Å². The Balaban J connectivity index is 1.98. The fourth-order valence-electron chi connectivity index (χ4n) is 3.17. The van der Waals surface area contributed by atoms with Crippen LogP contribution in [0, 0.1) is 6.92 Å². The van der Waals surface area contributed by atoms with Crippen molar-refractivity contribution in [3.05, 3.63) is 69.6 Å². The van der Waals surface area contributed by atoms with Crippen LogP contribution in [-0.2, 0) is 0 Å². The Morgan fingerprint density at radius 3 is 2.48 bits per heavy atom. The molecule has 1 aromatic heterocycles. The van der Waals surface area contributed by atoms with Crippen molar-refractivity contribution in [1.82, 2.24) is 9.47 Å². The van der Waals surface area contributed by atoms with Crippen molar-refractivity contribution < 1.29 is 13.6 Å². The average molecular weight is 346 g/mol. The number of likely N-dealkylation sites (tertiary alicyclic amines) is 1. The predicted octanol–water partition coefficient (Wildman–Crippen LogP) is 3.25. The number of carbonyl (C=O) groups excluding carboxylic acids is 1. The lowest BCUT2D eigenvalue weighted by Gasteiger charge is -2.20. The predicted molar refractivity (Wildman–Crippen MR) is 91.2 cm³/mol. The fraction of sp³-hybridized carbons (Fsp3) is 0.368. The zero-order valence-corrected chi connectivity index (χ0v) is 14.2. The van der Waals surface area contributed by atoms with Crippen LogP contribution >= 0.6 is 0 Å². The van der Waals surface area contributed by atoms with Crippen LogP contribution in [0.15, 0.2) is 47.4 Å². The third-order valence-electron chi connectivity index (χ3n) is 4.70. The zero-order chi connectivity index (χ0) is 18.2. The molecule has 1 amide bonds. The Labute approximate surface area is 144 Å². The van der Waals surface area contributed by atoms with E-state index in [1.807, 2.05) is 37.3 Å². The summed E-state index contributed by atoms with van der Waals surface area (Å²) in [7, 11) is 0. The van der Waals surface area contributed by atoms with Gasteiger partial charge in [0.2, 0.25) is 0 Å². The average Bonchev–Trinajstić information content (AvgIpc) is 2.95. The summed E-state index contributed by atoms with van der Waals surface area (Å²) in [6, 6.07) is 10.9. The van der Waals surface area contributed by atoms with Gasteiger partial charge in [0, 0.05) is 19.2 Å². The van der Waals surface area contributed by atoms with E-state index >= 15 is 0 Å². The lowest BCUT2D eigenvalue weighted by Crippen LogP contribution is -2.38. The number of amides is 1. The van der Waals surface area contributed by atoms with E-state index in [0.29, 0.717) is 5.56 Å². The van der Waals surface area contributed by atoms with Crippen LogP contribution < -0.4 is 5.56 Å². The Bertz CT molecular complexity index is 846. The Hall–Kier alpha value is -2.50. The van der Waals surface area contributed by atoms with Gasteiger partial charge in [0.05, 0.1) is 12.6 Å². The van der Waals surface area contributed by atoms with Crippen molar-refractivity contribution >= 4 is 5.91 Å². The molecule has 4 nitrogen and oxygen atoms in total. The molecule has 1 aliphatic heterocycles. The minimum atomic E-state index is -2.88. The van der Waals surface area contributed by atoms with Crippen LogP contribution in [0.5, 0.6) is 0 Å². The lowest BCUT2D eigenvalue weighted by molar-refractivity contribution is 0.0119. The summed E-state index contributed by atoms with van der Waals surface area (Å²) in [5.41, 5.74) is 0.959. The highest BCUT2D eigenvalue weighted by Crippen LogP contribution is 2.28. The van der Waals surface area contributed by atoms with Gasteiger partial charge in [0.15, 0.2) is 0 Å². The Morgan fingerprint density at radius 1 is 1.20 bits per heavy atom. The maximum Gasteiger partial charge on any atom is 0.267 e. The van der Waals surface area contributed by atoms with Gasteiger partial charge in [0.1, 0.15) is 5.56 Å². The summed E-state index contributed by atoms with van der Waals surface area (Å²) in [6.07, 6.45) is 1.28. The molecule has 0 aliphatic carbocycles. The minimum Gasteiger partial charge on any atom is -0.332 e. The molecule has 1 saturated heterocycles. The normalized spacial score (nSPS) is 17.5. The quantitative estimate of drug-likeness (QED) is 0.856. The third kappa shape index (κ3) is 3.34. The van der Waals surface area contributed by atoms with Crippen LogP contribution in [0.3, 0.4) is 0 Å². The van der Waals surface area contributed by atoms with Crippen molar-refractivity contribution in [2.45, 2.75) is 32.2 Å². The maximum atomic E-state index is 13.4. The van der Waals surface area contributed by atoms with Gasteiger partial charge in [0.25, 0.3) is 17.4 Å². The number of hydrogen-bond donors (Lipinski definition) is 0. The minimum absolute atomic E-state index is 0.0250. The third-order valence-corrected chi connectivity index (χ3v) is 4.70. The number of carbonyl (C=O) groups is 1. The molecule has 0 bridgehead atoms. The van der Waals surface area contributed by atoms with Crippen LogP contribution in [0.2, 0.25) is 0 Å². The monoisotopic (exact) mass is 346 g/mol. The summed E-state index contributed by atoms with van der Waals surface area (Å²) in [5, 5.41) is 0. The van der Waals surface area contributed by atoms with Crippen molar-refractivity contribution in [3.63, 3.8) is 0 Å². The number of benzene rings is 1. The van der Waals surface area contributed by atoms with E-state index in [2.05, 4.69) is 0 Å². The van der Waals surface area contributed by atoms with Crippen molar-refractivity contribution in [1.29, 1.82) is 0 Å². The van der Waals surface area contributed by atoms with E-state index in [9.17, 15) is 18.4 Å². The molecule has 1 unspecified atom stereocenters. The van der Waals surface area contributed by atoms with Gasteiger partial charge in [-0.15, -0.1) is 0 Å². The number of halogens is 2. The molecule has 0 N–H and O–H groups in total. The summed E-state index contributed by atoms with van der Waals surface area (Å²) < 4.78 is 28.3. The van der Waals surface area contributed by atoms with Crippen LogP contribution in [0.1, 0.15) is 40.9 Å². The molecular formula is C19H20F2N2O2. The number of alkyl halides is 2. The van der Waals surface area contributed by atoms with Crippen molar-refractivity contribution in [3.8, 4) is 0 Å². The summed E-state index contributed by atoms with van der Waals surface area (Å²) >= 11 is 0. The van der Waals surface area contributed by atoms with Gasteiger partial charge in [-0.05, 0) is 31.0 Å². The topological polar surface area (TPSA) is 42.3 Å². The first-order chi connectivity index (χ1) is 11.8. The molecule has 25 heavy (non-hydrogen) atoms. The number of hydrogen-bond acceptors (Lipinski definition) is 2. The zero-order valence-electron chi connectivity index (χ0n) is 14.2.